The van der Waals surface area contributed by atoms with E-state index in [0.29, 0.717) is 22.6 Å². The number of fused-ring (bicyclic) bond motifs is 1. The molecule has 0 fully saturated rings. The maximum Gasteiger partial charge on any atom is 0.255 e. The van der Waals surface area contributed by atoms with Gasteiger partial charge in [0.05, 0.1) is 35.0 Å². The molecule has 5 N–H and O–H groups in total. The van der Waals surface area contributed by atoms with Crippen molar-refractivity contribution in [2.75, 3.05) is 12.8 Å². The molecule has 0 unspecified atom stereocenters. The van der Waals surface area contributed by atoms with Gasteiger partial charge in [0.1, 0.15) is 11.6 Å². The van der Waals surface area contributed by atoms with Crippen molar-refractivity contribution in [1.82, 2.24) is 30.7 Å². The molecule has 0 aliphatic rings. The van der Waals surface area contributed by atoms with Gasteiger partial charge in [-0.2, -0.15) is 10.2 Å². The lowest BCUT2D eigenvalue weighted by Crippen LogP contribution is -2.23. The number of hydrogen-bond acceptors (Lipinski definition) is 6. The SMILES string of the molecule is COc1ccc(F)cc1C(=O)NCc1ccc(-c2ncc(-c3cc[nH]n3)c3[nH]nc(N)c23)cc1. The van der Waals surface area contributed by atoms with E-state index in [1.807, 2.05) is 30.3 Å². The summed E-state index contributed by atoms with van der Waals surface area (Å²) < 4.78 is 18.7. The summed E-state index contributed by atoms with van der Waals surface area (Å²) in [6.45, 7) is 0.258. The first-order valence-electron chi connectivity index (χ1n) is 10.4. The Bertz CT molecular complexity index is 1480. The maximum atomic E-state index is 13.6. The van der Waals surface area contributed by atoms with Gasteiger partial charge in [0.2, 0.25) is 0 Å². The van der Waals surface area contributed by atoms with Crippen LogP contribution in [0.1, 0.15) is 15.9 Å². The molecule has 1 amide bonds. The van der Waals surface area contributed by atoms with E-state index in [1.54, 1.807) is 12.4 Å². The number of ether oxygens (including phenoxy) is 1. The van der Waals surface area contributed by atoms with Crippen molar-refractivity contribution in [2.24, 2.45) is 0 Å². The molecular formula is C24H20FN7O2. The first-order chi connectivity index (χ1) is 16.5. The molecule has 0 radical (unpaired) electrons. The molecule has 9 nitrogen and oxygen atoms in total. The Morgan fingerprint density at radius 2 is 1.97 bits per heavy atom. The third-order valence-corrected chi connectivity index (χ3v) is 5.49. The third kappa shape index (κ3) is 3.81. The van der Waals surface area contributed by atoms with E-state index in [-0.39, 0.29) is 12.1 Å². The number of methoxy groups -OCH3 is 1. The fraction of sp³-hybridized carbons (Fsp3) is 0.0833. The number of nitrogens with one attached hydrogen (secondary N) is 3. The fourth-order valence-electron chi connectivity index (χ4n) is 3.79. The van der Waals surface area contributed by atoms with Gasteiger partial charge in [-0.3, -0.25) is 20.0 Å². The molecule has 5 rings (SSSR count). The van der Waals surface area contributed by atoms with Crippen molar-refractivity contribution in [3.63, 3.8) is 0 Å². The molecule has 170 valence electrons. The molecule has 5 aromatic rings. The van der Waals surface area contributed by atoms with Crippen molar-refractivity contribution < 1.29 is 13.9 Å². The second-order valence-electron chi connectivity index (χ2n) is 7.56. The van der Waals surface area contributed by atoms with Gasteiger partial charge in [-0.15, -0.1) is 0 Å². The van der Waals surface area contributed by atoms with Gasteiger partial charge in [0.15, 0.2) is 5.82 Å². The Kier molecular flexibility index (Phi) is 5.38. The number of pyridine rings is 1. The summed E-state index contributed by atoms with van der Waals surface area (Å²) in [6, 6.07) is 13.2. The number of halogens is 1. The number of carbonyl (C=O) groups is 1. The van der Waals surface area contributed by atoms with Crippen LogP contribution in [0.25, 0.3) is 33.4 Å². The van der Waals surface area contributed by atoms with Crippen molar-refractivity contribution >= 4 is 22.6 Å². The minimum atomic E-state index is -0.508. The number of nitrogens with zero attached hydrogens (tertiary/aromatic N) is 3. The number of H-pyrrole nitrogens is 2. The van der Waals surface area contributed by atoms with Crippen molar-refractivity contribution in [3.05, 3.63) is 77.9 Å². The van der Waals surface area contributed by atoms with Gasteiger partial charge >= 0.3 is 0 Å². The van der Waals surface area contributed by atoms with E-state index in [9.17, 15) is 9.18 Å². The summed E-state index contributed by atoms with van der Waals surface area (Å²) in [5.41, 5.74) is 10.9. The summed E-state index contributed by atoms with van der Waals surface area (Å²) in [7, 11) is 1.43. The number of amides is 1. The van der Waals surface area contributed by atoms with Crippen molar-refractivity contribution in [3.8, 4) is 28.3 Å². The summed E-state index contributed by atoms with van der Waals surface area (Å²) in [6.07, 6.45) is 3.46. The van der Waals surface area contributed by atoms with Gasteiger partial charge in [0.25, 0.3) is 5.91 Å². The lowest BCUT2D eigenvalue weighted by molar-refractivity contribution is 0.0947. The first-order valence-corrected chi connectivity index (χ1v) is 10.4. The minimum absolute atomic E-state index is 0.137. The van der Waals surface area contributed by atoms with Crippen molar-refractivity contribution in [1.29, 1.82) is 0 Å². The number of aromatic nitrogens is 5. The summed E-state index contributed by atoms with van der Waals surface area (Å²) >= 11 is 0. The second kappa shape index (κ2) is 8.66. The lowest BCUT2D eigenvalue weighted by Gasteiger charge is -2.10. The Labute approximate surface area is 193 Å². The predicted molar refractivity (Wildman–Crippen MR) is 125 cm³/mol. The zero-order chi connectivity index (χ0) is 23.7. The summed E-state index contributed by atoms with van der Waals surface area (Å²) in [5.74, 6) is -0.287. The lowest BCUT2D eigenvalue weighted by atomic mass is 10.0. The Morgan fingerprint density at radius 1 is 1.15 bits per heavy atom. The third-order valence-electron chi connectivity index (χ3n) is 5.49. The standard InChI is InChI=1S/C24H20FN7O2/c1-34-19-7-6-15(25)10-16(19)24(33)28-11-13-2-4-14(5-3-13)21-20-22(31-32-23(20)26)17(12-27-21)18-8-9-29-30-18/h2-10,12H,11H2,1H3,(H,28,33)(H,29,30)(H3,26,31,32). The van der Waals surface area contributed by atoms with E-state index in [0.717, 1.165) is 34.0 Å². The van der Waals surface area contributed by atoms with Gasteiger partial charge in [-0.25, -0.2) is 4.39 Å². The Balaban J connectivity index is 1.38. The van der Waals surface area contributed by atoms with Crippen LogP contribution in [-0.4, -0.2) is 38.4 Å². The Hall–Kier alpha value is -4.73. The van der Waals surface area contributed by atoms with E-state index < -0.39 is 11.7 Å². The molecule has 0 saturated carbocycles. The van der Waals surface area contributed by atoms with Crippen LogP contribution >= 0.6 is 0 Å². The van der Waals surface area contributed by atoms with E-state index in [2.05, 4.69) is 30.7 Å². The molecule has 3 heterocycles. The molecular weight excluding hydrogens is 437 g/mol. The number of nitrogens with two attached hydrogens (primary N) is 1. The Morgan fingerprint density at radius 3 is 2.71 bits per heavy atom. The van der Waals surface area contributed by atoms with Crippen LogP contribution in [0.4, 0.5) is 10.2 Å². The minimum Gasteiger partial charge on any atom is -0.496 e. The molecule has 0 aliphatic heterocycles. The van der Waals surface area contributed by atoms with E-state index in [4.69, 9.17) is 10.5 Å². The average Bonchev–Trinajstić information content (AvgIpc) is 3.53. The van der Waals surface area contributed by atoms with Gasteiger partial charge in [0, 0.05) is 30.1 Å². The number of aromatic amines is 2. The van der Waals surface area contributed by atoms with Gasteiger partial charge in [-0.05, 0) is 29.8 Å². The molecule has 0 saturated heterocycles. The highest BCUT2D eigenvalue weighted by atomic mass is 19.1. The molecule has 3 aromatic heterocycles. The van der Waals surface area contributed by atoms with Crippen LogP contribution in [0.2, 0.25) is 0 Å². The van der Waals surface area contributed by atoms with E-state index >= 15 is 0 Å². The smallest absolute Gasteiger partial charge is 0.255 e. The molecule has 2 aromatic carbocycles. The molecule has 10 heteroatoms. The van der Waals surface area contributed by atoms with Crippen LogP contribution < -0.4 is 15.8 Å². The molecule has 0 spiro atoms. The quantitative estimate of drug-likeness (QED) is 0.307. The fourth-order valence-corrected chi connectivity index (χ4v) is 3.79. The maximum absolute atomic E-state index is 13.6. The molecule has 0 bridgehead atoms. The first kappa shape index (κ1) is 21.1. The van der Waals surface area contributed by atoms with E-state index in [1.165, 1.54) is 19.2 Å². The number of hydrogen-bond donors (Lipinski definition) is 4. The number of nitrogen functional groups attached to an aromatic ring is 1. The number of anilines is 1. The molecule has 0 aliphatic carbocycles. The highest BCUT2D eigenvalue weighted by Gasteiger charge is 2.17. The topological polar surface area (TPSA) is 135 Å². The highest BCUT2D eigenvalue weighted by molar-refractivity contribution is 6.05. The van der Waals surface area contributed by atoms with Crippen LogP contribution in [0.5, 0.6) is 5.75 Å². The number of carbonyl (C=O) groups excluding carboxylic acids is 1. The zero-order valence-electron chi connectivity index (χ0n) is 18.1. The van der Waals surface area contributed by atoms with Crippen LogP contribution in [0, 0.1) is 5.82 Å². The predicted octanol–water partition coefficient (Wildman–Crippen LogP) is 3.67. The highest BCUT2D eigenvalue weighted by Crippen LogP contribution is 2.34. The van der Waals surface area contributed by atoms with Crippen LogP contribution in [0.3, 0.4) is 0 Å². The zero-order valence-corrected chi connectivity index (χ0v) is 18.1. The van der Waals surface area contributed by atoms with Crippen LogP contribution in [-0.2, 0) is 6.54 Å². The van der Waals surface area contributed by atoms with Crippen molar-refractivity contribution in [2.45, 2.75) is 6.54 Å². The van der Waals surface area contributed by atoms with Gasteiger partial charge in [-0.1, -0.05) is 24.3 Å². The van der Waals surface area contributed by atoms with Crippen LogP contribution in [0.15, 0.2) is 60.9 Å². The summed E-state index contributed by atoms with van der Waals surface area (Å²) in [5, 5.41) is 17.6. The number of benzene rings is 2. The second-order valence-corrected chi connectivity index (χ2v) is 7.56. The molecule has 34 heavy (non-hydrogen) atoms. The monoisotopic (exact) mass is 457 g/mol. The van der Waals surface area contributed by atoms with Gasteiger partial charge < -0.3 is 15.8 Å². The summed E-state index contributed by atoms with van der Waals surface area (Å²) in [4.78, 5) is 17.1. The largest absolute Gasteiger partial charge is 0.496 e. The average molecular weight is 457 g/mol. The molecule has 0 atom stereocenters. The number of rotatable bonds is 6. The normalized spacial score (nSPS) is 11.0.